The predicted octanol–water partition coefficient (Wildman–Crippen LogP) is 1.03. The van der Waals surface area contributed by atoms with Gasteiger partial charge < -0.3 is 19.9 Å². The van der Waals surface area contributed by atoms with E-state index in [9.17, 15) is 0 Å². The summed E-state index contributed by atoms with van der Waals surface area (Å²) >= 11 is 0. The lowest BCUT2D eigenvalue weighted by atomic mass is 9.98. The van der Waals surface area contributed by atoms with Gasteiger partial charge in [-0.15, -0.1) is 0 Å². The molecule has 1 N–H and O–H groups in total. The zero-order valence-electron chi connectivity index (χ0n) is 12.9. The average molecular weight is 269 g/mol. The minimum Gasteiger partial charge on any atom is -0.381 e. The van der Waals surface area contributed by atoms with Crippen LogP contribution in [0.4, 0.5) is 0 Å². The molecule has 0 bridgehead atoms. The van der Waals surface area contributed by atoms with Crippen molar-refractivity contribution in [3.8, 4) is 0 Å². The molecule has 4 heteroatoms. The predicted molar refractivity (Wildman–Crippen MR) is 79.5 cm³/mol. The third-order valence-electron chi connectivity index (χ3n) is 4.70. The van der Waals surface area contributed by atoms with Gasteiger partial charge in [0, 0.05) is 37.7 Å². The molecule has 0 aromatic rings. The second-order valence-corrected chi connectivity index (χ2v) is 6.29. The quantitative estimate of drug-likeness (QED) is 0.747. The fraction of sp³-hybridized carbons (Fsp3) is 1.00. The molecule has 0 saturated carbocycles. The van der Waals surface area contributed by atoms with Crippen molar-refractivity contribution in [3.63, 3.8) is 0 Å². The van der Waals surface area contributed by atoms with Crippen molar-refractivity contribution in [2.24, 2.45) is 5.92 Å². The van der Waals surface area contributed by atoms with Gasteiger partial charge in [0.25, 0.3) is 0 Å². The van der Waals surface area contributed by atoms with E-state index in [0.717, 1.165) is 32.3 Å². The van der Waals surface area contributed by atoms with Crippen molar-refractivity contribution in [2.45, 2.75) is 38.3 Å². The Kier molecular flexibility index (Phi) is 6.07. The monoisotopic (exact) mass is 269 g/mol. The van der Waals surface area contributed by atoms with Crippen molar-refractivity contribution in [1.82, 2.24) is 15.1 Å². The smallest absolute Gasteiger partial charge is 0.0510 e. The van der Waals surface area contributed by atoms with Gasteiger partial charge in [0.15, 0.2) is 0 Å². The van der Waals surface area contributed by atoms with E-state index in [1.165, 1.54) is 32.4 Å². The number of likely N-dealkylation sites (tertiary alicyclic amines) is 1. The Balaban J connectivity index is 1.78. The van der Waals surface area contributed by atoms with Gasteiger partial charge in [-0.25, -0.2) is 0 Å². The van der Waals surface area contributed by atoms with Gasteiger partial charge >= 0.3 is 0 Å². The molecule has 2 aliphatic rings. The molecule has 19 heavy (non-hydrogen) atoms. The highest BCUT2D eigenvalue weighted by Crippen LogP contribution is 2.19. The number of hydrogen-bond donors (Lipinski definition) is 1. The van der Waals surface area contributed by atoms with Gasteiger partial charge in [0.05, 0.1) is 6.61 Å². The maximum Gasteiger partial charge on any atom is 0.0510 e. The molecular weight excluding hydrogens is 238 g/mol. The molecule has 0 spiro atoms. The highest BCUT2D eigenvalue weighted by molar-refractivity contribution is 4.84. The first kappa shape index (κ1) is 15.2. The number of nitrogens with one attached hydrogen (secondary N) is 1. The molecule has 3 unspecified atom stereocenters. The van der Waals surface area contributed by atoms with E-state index in [0.29, 0.717) is 12.0 Å². The molecule has 0 aromatic heterocycles. The number of hydrogen-bond acceptors (Lipinski definition) is 4. The van der Waals surface area contributed by atoms with Gasteiger partial charge in [-0.3, -0.25) is 0 Å². The molecule has 2 saturated heterocycles. The average Bonchev–Trinajstić information content (AvgIpc) is 3.01. The van der Waals surface area contributed by atoms with Crippen LogP contribution in [0.15, 0.2) is 0 Å². The number of likely N-dealkylation sites (N-methyl/N-ethyl adjacent to an activating group) is 3. The van der Waals surface area contributed by atoms with E-state index >= 15 is 0 Å². The Morgan fingerprint density at radius 2 is 2.26 bits per heavy atom. The summed E-state index contributed by atoms with van der Waals surface area (Å²) in [5.41, 5.74) is 0. The van der Waals surface area contributed by atoms with Gasteiger partial charge in [-0.2, -0.15) is 0 Å². The summed E-state index contributed by atoms with van der Waals surface area (Å²) in [5, 5.41) is 3.66. The third-order valence-corrected chi connectivity index (χ3v) is 4.70. The van der Waals surface area contributed by atoms with E-state index in [2.05, 4.69) is 36.1 Å². The van der Waals surface area contributed by atoms with Crippen LogP contribution in [-0.4, -0.2) is 75.4 Å². The van der Waals surface area contributed by atoms with Crippen LogP contribution >= 0.6 is 0 Å². The summed E-state index contributed by atoms with van der Waals surface area (Å²) in [6.07, 6.45) is 3.94. The topological polar surface area (TPSA) is 27.7 Å². The van der Waals surface area contributed by atoms with Gasteiger partial charge in [-0.05, 0) is 46.4 Å². The van der Waals surface area contributed by atoms with Crippen LogP contribution in [0.2, 0.25) is 0 Å². The standard InChI is InChI=1S/C15H31N3O/c1-4-16-15(13-7-9-19-12-13)11-17(2)10-14-6-5-8-18(14)3/h13-16H,4-12H2,1-3H3. The van der Waals surface area contributed by atoms with E-state index < -0.39 is 0 Å². The van der Waals surface area contributed by atoms with Crippen LogP contribution in [0.3, 0.4) is 0 Å². The maximum atomic E-state index is 5.55. The molecule has 2 heterocycles. The van der Waals surface area contributed by atoms with Crippen molar-refractivity contribution < 1.29 is 4.74 Å². The van der Waals surface area contributed by atoms with Gasteiger partial charge in [0.1, 0.15) is 0 Å². The first-order valence-electron chi connectivity index (χ1n) is 7.90. The Morgan fingerprint density at radius 1 is 1.42 bits per heavy atom. The third kappa shape index (κ3) is 4.42. The van der Waals surface area contributed by atoms with Crippen molar-refractivity contribution >= 4 is 0 Å². The molecule has 0 aromatic carbocycles. The molecule has 2 rings (SSSR count). The Hall–Kier alpha value is -0.160. The zero-order valence-corrected chi connectivity index (χ0v) is 12.9. The summed E-state index contributed by atoms with van der Waals surface area (Å²) in [6, 6.07) is 1.34. The van der Waals surface area contributed by atoms with Gasteiger partial charge in [-0.1, -0.05) is 6.92 Å². The van der Waals surface area contributed by atoms with E-state index in [4.69, 9.17) is 4.74 Å². The lowest BCUT2D eigenvalue weighted by Gasteiger charge is -2.31. The van der Waals surface area contributed by atoms with Crippen LogP contribution in [0.25, 0.3) is 0 Å². The zero-order chi connectivity index (χ0) is 13.7. The molecular formula is C15H31N3O. The number of nitrogens with zero attached hydrogens (tertiary/aromatic N) is 2. The number of rotatable bonds is 7. The lowest BCUT2D eigenvalue weighted by molar-refractivity contribution is 0.158. The SMILES string of the molecule is CCNC(CN(C)CC1CCCN1C)C1CCOC1. The Labute approximate surface area is 118 Å². The first-order chi connectivity index (χ1) is 9.20. The van der Waals surface area contributed by atoms with Crippen LogP contribution < -0.4 is 5.32 Å². The fourth-order valence-electron chi connectivity index (χ4n) is 3.49. The largest absolute Gasteiger partial charge is 0.381 e. The number of ether oxygens (including phenoxy) is 1. The summed E-state index contributed by atoms with van der Waals surface area (Å²) in [5.74, 6) is 0.698. The molecule has 2 fully saturated rings. The minimum atomic E-state index is 0.587. The first-order valence-corrected chi connectivity index (χ1v) is 7.90. The fourth-order valence-corrected chi connectivity index (χ4v) is 3.49. The molecule has 0 radical (unpaired) electrons. The Bertz CT molecular complexity index is 256. The van der Waals surface area contributed by atoms with E-state index in [1.807, 2.05) is 0 Å². The van der Waals surface area contributed by atoms with Crippen molar-refractivity contribution in [3.05, 3.63) is 0 Å². The van der Waals surface area contributed by atoms with Crippen molar-refractivity contribution in [1.29, 1.82) is 0 Å². The molecule has 112 valence electrons. The second-order valence-electron chi connectivity index (χ2n) is 6.29. The van der Waals surface area contributed by atoms with Crippen molar-refractivity contribution in [2.75, 3.05) is 53.5 Å². The second kappa shape index (κ2) is 7.58. The lowest BCUT2D eigenvalue weighted by Crippen LogP contribution is -2.47. The molecule has 2 aliphatic heterocycles. The summed E-state index contributed by atoms with van der Waals surface area (Å²) in [4.78, 5) is 5.02. The minimum absolute atomic E-state index is 0.587. The van der Waals surface area contributed by atoms with Crippen LogP contribution in [0, 0.1) is 5.92 Å². The van der Waals surface area contributed by atoms with Crippen LogP contribution in [0.1, 0.15) is 26.2 Å². The highest BCUT2D eigenvalue weighted by atomic mass is 16.5. The maximum absolute atomic E-state index is 5.55. The summed E-state index contributed by atoms with van der Waals surface area (Å²) in [7, 11) is 4.53. The van der Waals surface area contributed by atoms with Crippen LogP contribution in [0.5, 0.6) is 0 Å². The molecule has 3 atom stereocenters. The van der Waals surface area contributed by atoms with Crippen LogP contribution in [-0.2, 0) is 4.74 Å². The summed E-state index contributed by atoms with van der Waals surface area (Å²) in [6.45, 7) is 8.76. The molecule has 4 nitrogen and oxygen atoms in total. The normalized spacial score (nSPS) is 30.3. The Morgan fingerprint density at radius 3 is 2.84 bits per heavy atom. The molecule has 0 amide bonds. The van der Waals surface area contributed by atoms with E-state index in [1.54, 1.807) is 0 Å². The van der Waals surface area contributed by atoms with E-state index in [-0.39, 0.29) is 0 Å². The highest BCUT2D eigenvalue weighted by Gasteiger charge is 2.28. The van der Waals surface area contributed by atoms with Gasteiger partial charge in [0.2, 0.25) is 0 Å². The molecule has 0 aliphatic carbocycles. The summed E-state index contributed by atoms with van der Waals surface area (Å²) < 4.78 is 5.55.